The van der Waals surface area contributed by atoms with Crippen molar-refractivity contribution >= 4 is 17.7 Å². The number of amides is 3. The Morgan fingerprint density at radius 2 is 1.64 bits per heavy atom. The van der Waals surface area contributed by atoms with Crippen LogP contribution >= 0.6 is 0 Å². The Kier molecular flexibility index (Phi) is 2.87. The van der Waals surface area contributed by atoms with Gasteiger partial charge in [-0.15, -0.1) is 0 Å². The van der Waals surface area contributed by atoms with Crippen LogP contribution in [0.1, 0.15) is 5.56 Å². The molecule has 112 valence electrons. The van der Waals surface area contributed by atoms with E-state index in [0.717, 1.165) is 10.6 Å². The Balaban J connectivity index is 1.47. The number of ether oxygens (including phenoxy) is 1. The zero-order valence-corrected chi connectivity index (χ0v) is 11.6. The Bertz CT molecular complexity index is 655. The minimum absolute atomic E-state index is 0.120. The van der Waals surface area contributed by atoms with E-state index in [-0.39, 0.29) is 36.4 Å². The Morgan fingerprint density at radius 1 is 1.05 bits per heavy atom. The van der Waals surface area contributed by atoms with Crippen molar-refractivity contribution in [3.63, 3.8) is 0 Å². The maximum absolute atomic E-state index is 12.4. The predicted octanol–water partition coefficient (Wildman–Crippen LogP) is 0.199. The van der Waals surface area contributed by atoms with Crippen molar-refractivity contribution in [1.82, 2.24) is 10.4 Å². The van der Waals surface area contributed by atoms with E-state index < -0.39 is 11.8 Å². The number of benzene rings is 1. The van der Waals surface area contributed by atoms with E-state index in [4.69, 9.17) is 4.74 Å². The first-order valence-electron chi connectivity index (χ1n) is 7.20. The third-order valence-corrected chi connectivity index (χ3v) is 4.35. The molecule has 4 atom stereocenters. The van der Waals surface area contributed by atoms with Gasteiger partial charge in [-0.3, -0.25) is 19.8 Å². The molecule has 3 aliphatic heterocycles. The lowest BCUT2D eigenvalue weighted by Gasteiger charge is -2.18. The molecular formula is C16H14N2O4. The molecule has 2 bridgehead atoms. The van der Waals surface area contributed by atoms with Gasteiger partial charge in [0.25, 0.3) is 11.8 Å². The second-order valence-electron chi connectivity index (χ2n) is 5.71. The third-order valence-electron chi connectivity index (χ3n) is 4.35. The molecule has 3 amide bonds. The minimum Gasteiger partial charge on any atom is -0.365 e. The Labute approximate surface area is 126 Å². The lowest BCUT2D eigenvalue weighted by molar-refractivity contribution is -0.151. The highest BCUT2D eigenvalue weighted by molar-refractivity contribution is 6.07. The van der Waals surface area contributed by atoms with E-state index in [0.29, 0.717) is 0 Å². The average molecular weight is 298 g/mol. The largest absolute Gasteiger partial charge is 0.365 e. The number of imide groups is 1. The van der Waals surface area contributed by atoms with Crippen molar-refractivity contribution in [2.75, 3.05) is 0 Å². The number of carbonyl (C=O) groups excluding carboxylic acids is 3. The van der Waals surface area contributed by atoms with Gasteiger partial charge >= 0.3 is 0 Å². The monoisotopic (exact) mass is 298 g/mol. The molecule has 0 saturated carbocycles. The first-order valence-corrected chi connectivity index (χ1v) is 7.20. The number of hydrazine groups is 1. The van der Waals surface area contributed by atoms with Crippen LogP contribution in [-0.4, -0.2) is 34.9 Å². The smallest absolute Gasteiger partial charge is 0.255 e. The number of nitrogens with zero attached hydrogens (tertiary/aromatic N) is 1. The number of rotatable bonds is 3. The highest BCUT2D eigenvalue weighted by Gasteiger charge is 2.61. The van der Waals surface area contributed by atoms with Crippen LogP contribution in [-0.2, 0) is 25.5 Å². The third kappa shape index (κ3) is 1.88. The Morgan fingerprint density at radius 3 is 2.23 bits per heavy atom. The molecule has 3 aliphatic rings. The highest BCUT2D eigenvalue weighted by Crippen LogP contribution is 2.44. The van der Waals surface area contributed by atoms with Gasteiger partial charge in [-0.2, -0.15) is 5.01 Å². The van der Waals surface area contributed by atoms with E-state index in [1.54, 1.807) is 0 Å². The molecule has 1 N–H and O–H groups in total. The van der Waals surface area contributed by atoms with Gasteiger partial charge in [0.2, 0.25) is 5.91 Å². The second kappa shape index (κ2) is 4.78. The van der Waals surface area contributed by atoms with Crippen molar-refractivity contribution in [2.45, 2.75) is 18.6 Å². The normalized spacial score (nSPS) is 31.7. The summed E-state index contributed by atoms with van der Waals surface area (Å²) in [5, 5.41) is 0.871. The van der Waals surface area contributed by atoms with Crippen LogP contribution in [0.15, 0.2) is 42.5 Å². The highest BCUT2D eigenvalue weighted by atomic mass is 16.5. The van der Waals surface area contributed by atoms with Gasteiger partial charge in [-0.05, 0) is 5.56 Å². The van der Waals surface area contributed by atoms with E-state index in [9.17, 15) is 14.4 Å². The van der Waals surface area contributed by atoms with Crippen molar-refractivity contribution in [3.8, 4) is 0 Å². The van der Waals surface area contributed by atoms with E-state index in [2.05, 4.69) is 5.43 Å². The predicted molar refractivity (Wildman–Crippen MR) is 74.9 cm³/mol. The van der Waals surface area contributed by atoms with Crippen LogP contribution in [0.3, 0.4) is 0 Å². The fourth-order valence-electron chi connectivity index (χ4n) is 3.36. The topological polar surface area (TPSA) is 75.7 Å². The number of hydrogen-bond acceptors (Lipinski definition) is 4. The fraction of sp³-hybridized carbons (Fsp3) is 0.312. The quantitative estimate of drug-likeness (QED) is 0.639. The molecule has 0 spiro atoms. The molecule has 0 aliphatic carbocycles. The van der Waals surface area contributed by atoms with Gasteiger partial charge in [0, 0.05) is 0 Å². The van der Waals surface area contributed by atoms with Crippen LogP contribution < -0.4 is 5.43 Å². The fourth-order valence-corrected chi connectivity index (χ4v) is 3.36. The van der Waals surface area contributed by atoms with Gasteiger partial charge in [-0.1, -0.05) is 42.5 Å². The van der Waals surface area contributed by atoms with Crippen molar-refractivity contribution in [1.29, 1.82) is 0 Å². The number of nitrogens with one attached hydrogen (secondary N) is 1. The summed E-state index contributed by atoms with van der Waals surface area (Å²) in [6, 6.07) is 9.17. The summed E-state index contributed by atoms with van der Waals surface area (Å²) >= 11 is 0. The second-order valence-corrected chi connectivity index (χ2v) is 5.71. The summed E-state index contributed by atoms with van der Waals surface area (Å²) in [5.41, 5.74) is 3.26. The van der Waals surface area contributed by atoms with Crippen molar-refractivity contribution in [2.24, 2.45) is 11.8 Å². The number of hydrogen-bond donors (Lipinski definition) is 1. The summed E-state index contributed by atoms with van der Waals surface area (Å²) in [6.07, 6.45) is 3.05. The summed E-state index contributed by atoms with van der Waals surface area (Å²) in [7, 11) is 0. The first-order chi connectivity index (χ1) is 10.6. The summed E-state index contributed by atoms with van der Waals surface area (Å²) in [4.78, 5) is 36.8. The number of carbonyl (C=O) groups is 3. The van der Waals surface area contributed by atoms with Crippen LogP contribution in [0.2, 0.25) is 0 Å². The van der Waals surface area contributed by atoms with Crippen molar-refractivity contribution < 1.29 is 19.1 Å². The maximum atomic E-state index is 12.4. The van der Waals surface area contributed by atoms with Crippen LogP contribution in [0.5, 0.6) is 0 Å². The maximum Gasteiger partial charge on any atom is 0.255 e. The molecule has 3 heterocycles. The summed E-state index contributed by atoms with van der Waals surface area (Å²) < 4.78 is 5.54. The first kappa shape index (κ1) is 13.2. The van der Waals surface area contributed by atoms with Crippen LogP contribution in [0, 0.1) is 11.8 Å². The van der Waals surface area contributed by atoms with Gasteiger partial charge in [0.1, 0.15) is 0 Å². The van der Waals surface area contributed by atoms with Gasteiger partial charge in [-0.25, -0.2) is 0 Å². The van der Waals surface area contributed by atoms with Crippen LogP contribution in [0.25, 0.3) is 0 Å². The summed E-state index contributed by atoms with van der Waals surface area (Å²) in [6.45, 7) is 0. The standard InChI is InChI=1S/C16H14N2O4/c19-12(8-9-4-2-1-3-5-9)17-18-15(20)13-10-6-7-11(22-10)14(13)16(18)21/h1-7,10-11,13-14H,8H2,(H,17,19)/t10-,11-,13-,14-/m0/s1. The van der Waals surface area contributed by atoms with Crippen LogP contribution in [0.4, 0.5) is 0 Å². The lowest BCUT2D eigenvalue weighted by Crippen LogP contribution is -2.48. The zero-order chi connectivity index (χ0) is 15.3. The molecule has 6 nitrogen and oxygen atoms in total. The lowest BCUT2D eigenvalue weighted by atomic mass is 9.85. The van der Waals surface area contributed by atoms with Crippen molar-refractivity contribution in [3.05, 3.63) is 48.0 Å². The summed E-state index contributed by atoms with van der Waals surface area (Å²) in [5.74, 6) is -2.14. The van der Waals surface area contributed by atoms with E-state index >= 15 is 0 Å². The molecule has 2 saturated heterocycles. The molecule has 22 heavy (non-hydrogen) atoms. The van der Waals surface area contributed by atoms with Gasteiger partial charge in [0.05, 0.1) is 30.5 Å². The number of fused-ring (bicyclic) bond motifs is 5. The molecule has 1 aromatic rings. The zero-order valence-electron chi connectivity index (χ0n) is 11.6. The van der Waals surface area contributed by atoms with E-state index in [1.807, 2.05) is 42.5 Å². The molecule has 1 aromatic carbocycles. The SMILES string of the molecule is O=C(Cc1ccccc1)NN1C(=O)[C@@H]2[C@@H](C1=O)[C@@H]1C=C[C@@H]2O1. The molecule has 2 fully saturated rings. The molecule has 0 aromatic heterocycles. The Hall–Kier alpha value is -2.47. The molecule has 0 radical (unpaired) electrons. The van der Waals surface area contributed by atoms with Gasteiger partial charge < -0.3 is 4.74 Å². The minimum atomic E-state index is -0.500. The molecule has 4 rings (SSSR count). The van der Waals surface area contributed by atoms with Gasteiger partial charge in [0.15, 0.2) is 0 Å². The molecular weight excluding hydrogens is 284 g/mol. The molecule has 0 unspecified atom stereocenters. The van der Waals surface area contributed by atoms with E-state index in [1.165, 1.54) is 0 Å². The molecule has 6 heteroatoms. The average Bonchev–Trinajstić information content (AvgIpc) is 3.18.